The van der Waals surface area contributed by atoms with Gasteiger partial charge in [0.25, 0.3) is 0 Å². The van der Waals surface area contributed by atoms with Gasteiger partial charge in [0.15, 0.2) is 0 Å². The highest BCUT2D eigenvalue weighted by molar-refractivity contribution is 5.75. The van der Waals surface area contributed by atoms with E-state index in [1.54, 1.807) is 12.4 Å². The zero-order valence-corrected chi connectivity index (χ0v) is 8.31. The van der Waals surface area contributed by atoms with Crippen LogP contribution in [0.4, 0.5) is 0 Å². The van der Waals surface area contributed by atoms with Crippen molar-refractivity contribution >= 4 is 5.91 Å². The Balaban J connectivity index is 2.34. The van der Waals surface area contributed by atoms with E-state index in [-0.39, 0.29) is 12.5 Å². The highest BCUT2D eigenvalue weighted by Crippen LogP contribution is 1.95. The lowest BCUT2D eigenvalue weighted by Crippen LogP contribution is -2.28. The van der Waals surface area contributed by atoms with E-state index in [9.17, 15) is 4.79 Å². The fraction of sp³-hybridized carbons (Fsp3) is 0.444. The molecule has 1 aromatic heterocycles. The van der Waals surface area contributed by atoms with E-state index in [4.69, 9.17) is 11.0 Å². The summed E-state index contributed by atoms with van der Waals surface area (Å²) in [6, 6.07) is 1.95. The van der Waals surface area contributed by atoms with Crippen LogP contribution in [0.3, 0.4) is 0 Å². The Morgan fingerprint density at radius 3 is 3.13 bits per heavy atom. The number of aromatic nitrogens is 2. The van der Waals surface area contributed by atoms with Crippen LogP contribution in [0, 0.1) is 11.3 Å². The molecule has 0 saturated heterocycles. The molecule has 0 aliphatic heterocycles. The van der Waals surface area contributed by atoms with E-state index in [1.807, 2.05) is 6.07 Å². The zero-order valence-electron chi connectivity index (χ0n) is 8.31. The maximum absolute atomic E-state index is 11.3. The second-order valence-corrected chi connectivity index (χ2v) is 3.01. The van der Waals surface area contributed by atoms with E-state index in [1.165, 1.54) is 4.68 Å². The molecular weight excluding hydrogens is 194 g/mol. The fourth-order valence-electron chi connectivity index (χ4n) is 1.06. The van der Waals surface area contributed by atoms with Crippen molar-refractivity contribution in [2.24, 2.45) is 5.73 Å². The van der Waals surface area contributed by atoms with Crippen LogP contribution in [0.25, 0.3) is 0 Å². The Morgan fingerprint density at radius 1 is 1.73 bits per heavy atom. The van der Waals surface area contributed by atoms with Crippen LogP contribution in [0.2, 0.25) is 0 Å². The Kier molecular flexibility index (Phi) is 4.31. The maximum atomic E-state index is 11.3. The van der Waals surface area contributed by atoms with E-state index in [0.717, 1.165) is 5.56 Å². The molecule has 6 nitrogen and oxygen atoms in total. The minimum absolute atomic E-state index is 0.156. The lowest BCUT2D eigenvalue weighted by Gasteiger charge is -2.02. The molecule has 1 amide bonds. The number of nitrogens with one attached hydrogen (secondary N) is 1. The third-order valence-corrected chi connectivity index (χ3v) is 1.79. The molecule has 15 heavy (non-hydrogen) atoms. The number of nitriles is 1. The minimum atomic E-state index is -0.156. The van der Waals surface area contributed by atoms with Crippen molar-refractivity contribution in [2.75, 3.05) is 6.54 Å². The molecule has 1 heterocycles. The van der Waals surface area contributed by atoms with Crippen molar-refractivity contribution in [3.63, 3.8) is 0 Å². The van der Waals surface area contributed by atoms with E-state index in [2.05, 4.69) is 10.4 Å². The van der Waals surface area contributed by atoms with Crippen LogP contribution in [0.1, 0.15) is 12.0 Å². The average Bonchev–Trinajstić information content (AvgIpc) is 2.66. The summed E-state index contributed by atoms with van der Waals surface area (Å²) in [5.74, 6) is -0.156. The quantitative estimate of drug-likeness (QED) is 0.628. The molecule has 0 saturated carbocycles. The number of nitrogens with zero attached hydrogens (tertiary/aromatic N) is 3. The molecule has 0 aliphatic carbocycles. The smallest absolute Gasteiger partial charge is 0.241 e. The molecule has 0 aliphatic rings. The van der Waals surface area contributed by atoms with Crippen LogP contribution in [-0.4, -0.2) is 22.2 Å². The van der Waals surface area contributed by atoms with Crippen molar-refractivity contribution < 1.29 is 4.79 Å². The molecule has 0 spiro atoms. The number of hydrogen-bond acceptors (Lipinski definition) is 4. The highest BCUT2D eigenvalue weighted by atomic mass is 16.2. The topological polar surface area (TPSA) is 96.7 Å². The summed E-state index contributed by atoms with van der Waals surface area (Å²) in [5.41, 5.74) is 6.29. The molecule has 0 bridgehead atoms. The van der Waals surface area contributed by atoms with Gasteiger partial charge in [0.1, 0.15) is 6.54 Å². The van der Waals surface area contributed by atoms with Crippen LogP contribution in [0.5, 0.6) is 0 Å². The summed E-state index contributed by atoms with van der Waals surface area (Å²) in [5, 5.41) is 14.8. The molecule has 0 unspecified atom stereocenters. The van der Waals surface area contributed by atoms with E-state index >= 15 is 0 Å². The summed E-state index contributed by atoms with van der Waals surface area (Å²) < 4.78 is 1.52. The van der Waals surface area contributed by atoms with Gasteiger partial charge in [-0.1, -0.05) is 0 Å². The third-order valence-electron chi connectivity index (χ3n) is 1.79. The largest absolute Gasteiger partial charge is 0.353 e. The Bertz CT molecular complexity index is 365. The molecule has 1 rings (SSSR count). The van der Waals surface area contributed by atoms with Gasteiger partial charge in [-0.3, -0.25) is 9.48 Å². The molecule has 0 aromatic carbocycles. The van der Waals surface area contributed by atoms with Gasteiger partial charge in [0.05, 0.1) is 18.7 Å². The van der Waals surface area contributed by atoms with Gasteiger partial charge >= 0.3 is 0 Å². The van der Waals surface area contributed by atoms with Gasteiger partial charge in [-0.15, -0.1) is 0 Å². The van der Waals surface area contributed by atoms with Crippen molar-refractivity contribution in [1.29, 1.82) is 5.26 Å². The van der Waals surface area contributed by atoms with Crippen LogP contribution < -0.4 is 11.1 Å². The van der Waals surface area contributed by atoms with Gasteiger partial charge < -0.3 is 11.1 Å². The lowest BCUT2D eigenvalue weighted by atomic mass is 10.4. The predicted molar refractivity (Wildman–Crippen MR) is 53.4 cm³/mol. The Labute approximate surface area is 87.7 Å². The van der Waals surface area contributed by atoms with Gasteiger partial charge in [0, 0.05) is 24.8 Å². The summed E-state index contributed by atoms with van der Waals surface area (Å²) in [4.78, 5) is 11.3. The molecule has 0 atom stereocenters. The Hall–Kier alpha value is -1.87. The first-order chi connectivity index (χ1) is 7.26. The number of carbonyl (C=O) groups is 1. The second-order valence-electron chi connectivity index (χ2n) is 3.01. The van der Waals surface area contributed by atoms with Gasteiger partial charge in [0.2, 0.25) is 5.91 Å². The average molecular weight is 207 g/mol. The predicted octanol–water partition coefficient (Wildman–Crippen LogP) is -0.628. The molecule has 0 radical (unpaired) electrons. The molecule has 3 N–H and O–H groups in total. The van der Waals surface area contributed by atoms with Crippen LogP contribution in [0.15, 0.2) is 12.4 Å². The highest BCUT2D eigenvalue weighted by Gasteiger charge is 2.03. The molecular formula is C9H13N5O. The summed E-state index contributed by atoms with van der Waals surface area (Å²) in [6.45, 7) is 0.946. The van der Waals surface area contributed by atoms with E-state index in [0.29, 0.717) is 19.5 Å². The number of rotatable bonds is 5. The first-order valence-corrected chi connectivity index (χ1v) is 4.61. The van der Waals surface area contributed by atoms with Crippen molar-refractivity contribution in [1.82, 2.24) is 15.1 Å². The number of amides is 1. The SMILES string of the molecule is N#CCCNC(=O)Cn1cc(CN)cn1. The summed E-state index contributed by atoms with van der Waals surface area (Å²) in [7, 11) is 0. The monoisotopic (exact) mass is 207 g/mol. The zero-order chi connectivity index (χ0) is 11.1. The minimum Gasteiger partial charge on any atom is -0.353 e. The third kappa shape index (κ3) is 3.79. The number of carbonyl (C=O) groups excluding carboxylic acids is 1. The fourth-order valence-corrected chi connectivity index (χ4v) is 1.06. The van der Waals surface area contributed by atoms with Gasteiger partial charge in [-0.05, 0) is 0 Å². The lowest BCUT2D eigenvalue weighted by molar-refractivity contribution is -0.121. The molecule has 1 aromatic rings. The van der Waals surface area contributed by atoms with Crippen molar-refractivity contribution in [2.45, 2.75) is 19.5 Å². The Morgan fingerprint density at radius 2 is 2.53 bits per heavy atom. The second kappa shape index (κ2) is 5.78. The molecule has 6 heteroatoms. The number of nitrogens with two attached hydrogens (primary N) is 1. The first kappa shape index (κ1) is 11.2. The normalized spacial score (nSPS) is 9.60. The van der Waals surface area contributed by atoms with Crippen LogP contribution >= 0.6 is 0 Å². The van der Waals surface area contributed by atoms with E-state index < -0.39 is 0 Å². The standard InChI is InChI=1S/C9H13N5O/c10-2-1-3-12-9(15)7-14-6-8(4-11)5-13-14/h5-6H,1,3-4,7,11H2,(H,12,15). The van der Waals surface area contributed by atoms with Crippen LogP contribution in [-0.2, 0) is 17.9 Å². The number of hydrogen-bond donors (Lipinski definition) is 2. The van der Waals surface area contributed by atoms with Gasteiger partial charge in [-0.2, -0.15) is 10.4 Å². The van der Waals surface area contributed by atoms with Gasteiger partial charge in [-0.25, -0.2) is 0 Å². The summed E-state index contributed by atoms with van der Waals surface area (Å²) in [6.07, 6.45) is 3.67. The van der Waals surface area contributed by atoms with Crippen molar-refractivity contribution in [3.8, 4) is 6.07 Å². The van der Waals surface area contributed by atoms with Crippen molar-refractivity contribution in [3.05, 3.63) is 18.0 Å². The first-order valence-electron chi connectivity index (χ1n) is 4.61. The summed E-state index contributed by atoms with van der Waals surface area (Å²) >= 11 is 0. The molecule has 80 valence electrons. The maximum Gasteiger partial charge on any atom is 0.241 e. The molecule has 0 fully saturated rings.